The molecule has 1 saturated carbocycles. The number of nitrogens with one attached hydrogen (secondary N) is 2. The number of benzene rings is 2. The van der Waals surface area contributed by atoms with Crippen molar-refractivity contribution >= 4 is 5.96 Å². The maximum absolute atomic E-state index is 10.1. The summed E-state index contributed by atoms with van der Waals surface area (Å²) in [6.45, 7) is 4.14. The van der Waals surface area contributed by atoms with Crippen LogP contribution in [0.5, 0.6) is 17.2 Å². The number of nitrogens with zero attached hydrogens (tertiary/aromatic N) is 1. The van der Waals surface area contributed by atoms with Gasteiger partial charge < -0.3 is 25.2 Å². The van der Waals surface area contributed by atoms with E-state index in [0.29, 0.717) is 18.0 Å². The zero-order valence-electron chi connectivity index (χ0n) is 17.5. The second kappa shape index (κ2) is 9.54. The Bertz CT molecular complexity index is 808. The molecule has 1 fully saturated rings. The highest BCUT2D eigenvalue weighted by molar-refractivity contribution is 5.80. The van der Waals surface area contributed by atoms with E-state index in [2.05, 4.69) is 47.9 Å². The number of ether oxygens (including phenoxy) is 2. The number of methoxy groups -OCH3 is 2. The van der Waals surface area contributed by atoms with Gasteiger partial charge in [-0.3, -0.25) is 0 Å². The van der Waals surface area contributed by atoms with Gasteiger partial charge in [-0.15, -0.1) is 0 Å². The third kappa shape index (κ3) is 4.75. The Balaban J connectivity index is 1.72. The summed E-state index contributed by atoms with van der Waals surface area (Å²) in [4.78, 5) is 4.72. The molecule has 6 heteroatoms. The van der Waals surface area contributed by atoms with Gasteiger partial charge in [0.15, 0.2) is 17.5 Å². The molecule has 2 aromatic carbocycles. The number of hydrogen-bond donors (Lipinski definition) is 3. The molecule has 0 bridgehead atoms. The minimum absolute atomic E-state index is 0.00236. The molecule has 0 saturated heterocycles. The van der Waals surface area contributed by atoms with Crippen LogP contribution in [0, 0.1) is 0 Å². The van der Waals surface area contributed by atoms with Gasteiger partial charge in [0.25, 0.3) is 0 Å². The third-order valence-corrected chi connectivity index (χ3v) is 5.59. The Hall–Kier alpha value is -2.89. The zero-order chi connectivity index (χ0) is 20.7. The van der Waals surface area contributed by atoms with Crippen molar-refractivity contribution in [3.05, 3.63) is 53.6 Å². The van der Waals surface area contributed by atoms with Crippen LogP contribution in [0.4, 0.5) is 0 Å². The number of aliphatic imine (C=N–C) groups is 1. The number of hydrogen-bond acceptors (Lipinski definition) is 4. The van der Waals surface area contributed by atoms with Crippen LogP contribution in [0.1, 0.15) is 37.3 Å². The van der Waals surface area contributed by atoms with Crippen molar-refractivity contribution in [1.82, 2.24) is 10.6 Å². The molecule has 0 radical (unpaired) electrons. The van der Waals surface area contributed by atoms with Crippen LogP contribution in [0.2, 0.25) is 0 Å². The monoisotopic (exact) mass is 397 g/mol. The fraction of sp³-hybridized carbons (Fsp3) is 0.435. The summed E-state index contributed by atoms with van der Waals surface area (Å²) in [5, 5.41) is 16.9. The molecule has 1 aliphatic rings. The Morgan fingerprint density at radius 3 is 2.24 bits per heavy atom. The van der Waals surface area contributed by atoms with Crippen molar-refractivity contribution in [2.24, 2.45) is 4.99 Å². The quantitative estimate of drug-likeness (QED) is 0.469. The lowest BCUT2D eigenvalue weighted by Crippen LogP contribution is -2.48. The van der Waals surface area contributed by atoms with Crippen LogP contribution < -0.4 is 20.1 Å². The molecule has 1 aliphatic carbocycles. The van der Waals surface area contributed by atoms with Crippen LogP contribution >= 0.6 is 0 Å². The average Bonchev–Trinajstić information content (AvgIpc) is 2.72. The summed E-state index contributed by atoms with van der Waals surface area (Å²) in [7, 11) is 3.05. The van der Waals surface area contributed by atoms with E-state index in [1.165, 1.54) is 39.0 Å². The molecule has 156 valence electrons. The summed E-state index contributed by atoms with van der Waals surface area (Å²) in [6, 6.07) is 14.3. The average molecular weight is 398 g/mol. The zero-order valence-corrected chi connectivity index (χ0v) is 17.5. The van der Waals surface area contributed by atoms with Crippen LogP contribution in [-0.2, 0) is 12.0 Å². The van der Waals surface area contributed by atoms with Gasteiger partial charge in [-0.2, -0.15) is 0 Å². The van der Waals surface area contributed by atoms with E-state index < -0.39 is 0 Å². The minimum atomic E-state index is 0.00236. The summed E-state index contributed by atoms with van der Waals surface area (Å²) >= 11 is 0. The first-order valence-electron chi connectivity index (χ1n) is 10.1. The van der Waals surface area contributed by atoms with Gasteiger partial charge >= 0.3 is 0 Å². The second-order valence-electron chi connectivity index (χ2n) is 7.40. The minimum Gasteiger partial charge on any atom is -0.502 e. The number of rotatable bonds is 8. The number of phenolic OH excluding ortho intramolecular Hbond substituents is 1. The van der Waals surface area contributed by atoms with Gasteiger partial charge in [-0.05, 0) is 43.0 Å². The molecule has 3 N–H and O–H groups in total. The van der Waals surface area contributed by atoms with Crippen LogP contribution in [0.25, 0.3) is 0 Å². The van der Waals surface area contributed by atoms with Crippen LogP contribution in [0.15, 0.2) is 47.5 Å². The number of aromatic hydroxyl groups is 1. The van der Waals surface area contributed by atoms with Crippen molar-refractivity contribution in [1.29, 1.82) is 0 Å². The second-order valence-corrected chi connectivity index (χ2v) is 7.40. The molecule has 29 heavy (non-hydrogen) atoms. The van der Waals surface area contributed by atoms with E-state index in [4.69, 9.17) is 14.5 Å². The molecule has 0 unspecified atom stereocenters. The highest BCUT2D eigenvalue weighted by atomic mass is 16.5. The molecule has 2 aromatic rings. The van der Waals surface area contributed by atoms with E-state index >= 15 is 0 Å². The normalized spacial score (nSPS) is 15.3. The van der Waals surface area contributed by atoms with E-state index in [1.54, 1.807) is 12.1 Å². The van der Waals surface area contributed by atoms with Crippen LogP contribution in [0.3, 0.4) is 0 Å². The standard InChI is InChI=1S/C23H31N3O3/c1-4-24-22(25-15-17-13-19(28-2)21(27)20(14-17)29-3)26-16-23(11-8-12-23)18-9-6-5-7-10-18/h5-7,9-10,13-14,27H,4,8,11-12,15-16H2,1-3H3,(H2,24,25,26). The first-order valence-corrected chi connectivity index (χ1v) is 10.1. The first-order chi connectivity index (χ1) is 14.1. The maximum Gasteiger partial charge on any atom is 0.200 e. The molecular weight excluding hydrogens is 366 g/mol. The van der Waals surface area contributed by atoms with Crippen molar-refractivity contribution < 1.29 is 14.6 Å². The van der Waals surface area contributed by atoms with Crippen molar-refractivity contribution in [3.8, 4) is 17.2 Å². The van der Waals surface area contributed by atoms with E-state index in [9.17, 15) is 5.11 Å². The van der Waals surface area contributed by atoms with Gasteiger partial charge in [0.2, 0.25) is 5.75 Å². The molecular formula is C23H31N3O3. The topological polar surface area (TPSA) is 75.1 Å². The smallest absolute Gasteiger partial charge is 0.200 e. The first kappa shape index (κ1) is 20.8. The van der Waals surface area contributed by atoms with E-state index in [1.807, 2.05) is 0 Å². The SMILES string of the molecule is CCNC(=NCc1cc(OC)c(O)c(OC)c1)NCC1(c2ccccc2)CCC1. The molecule has 0 atom stereocenters. The molecule has 6 nitrogen and oxygen atoms in total. The Morgan fingerprint density at radius 1 is 1.07 bits per heavy atom. The Labute approximate surface area is 173 Å². The lowest BCUT2D eigenvalue weighted by molar-refractivity contribution is 0.244. The maximum atomic E-state index is 10.1. The van der Waals surface area contributed by atoms with Gasteiger partial charge in [0, 0.05) is 18.5 Å². The molecule has 0 amide bonds. The summed E-state index contributed by atoms with van der Waals surface area (Å²) in [5.41, 5.74) is 2.47. The highest BCUT2D eigenvalue weighted by Crippen LogP contribution is 2.43. The highest BCUT2D eigenvalue weighted by Gasteiger charge is 2.38. The van der Waals surface area contributed by atoms with E-state index in [0.717, 1.165) is 24.6 Å². The molecule has 0 spiro atoms. The largest absolute Gasteiger partial charge is 0.502 e. The fourth-order valence-electron chi connectivity index (χ4n) is 3.77. The van der Waals surface area contributed by atoms with Crippen molar-refractivity contribution in [2.75, 3.05) is 27.3 Å². The van der Waals surface area contributed by atoms with Crippen molar-refractivity contribution in [2.45, 2.75) is 38.1 Å². The van der Waals surface area contributed by atoms with Crippen molar-refractivity contribution in [3.63, 3.8) is 0 Å². The van der Waals surface area contributed by atoms with E-state index in [-0.39, 0.29) is 11.2 Å². The predicted octanol–water partition coefficient (Wildman–Crippen LogP) is 3.59. The van der Waals surface area contributed by atoms with Gasteiger partial charge in [-0.1, -0.05) is 36.8 Å². The number of guanidine groups is 1. The van der Waals surface area contributed by atoms with Crippen LogP contribution in [-0.4, -0.2) is 38.4 Å². The molecule has 0 aromatic heterocycles. The lowest BCUT2D eigenvalue weighted by atomic mass is 9.64. The fourth-order valence-corrected chi connectivity index (χ4v) is 3.77. The number of phenols is 1. The summed E-state index contributed by atoms with van der Waals surface area (Å²) in [6.07, 6.45) is 3.64. The molecule has 3 rings (SSSR count). The molecule has 0 aliphatic heterocycles. The van der Waals surface area contributed by atoms with Gasteiger partial charge in [0.05, 0.1) is 20.8 Å². The lowest BCUT2D eigenvalue weighted by Gasteiger charge is -2.43. The Morgan fingerprint density at radius 2 is 1.72 bits per heavy atom. The third-order valence-electron chi connectivity index (χ3n) is 5.59. The van der Waals surface area contributed by atoms with Gasteiger partial charge in [-0.25, -0.2) is 4.99 Å². The predicted molar refractivity (Wildman–Crippen MR) is 116 cm³/mol. The summed E-state index contributed by atoms with van der Waals surface area (Å²) in [5.74, 6) is 1.54. The molecule has 0 heterocycles. The Kier molecular flexibility index (Phi) is 6.86. The van der Waals surface area contributed by atoms with Gasteiger partial charge in [0.1, 0.15) is 0 Å². The summed E-state index contributed by atoms with van der Waals surface area (Å²) < 4.78 is 10.5.